The van der Waals surface area contributed by atoms with Gasteiger partial charge in [-0.3, -0.25) is 9.69 Å². The standard InChI is InChI=1S/C26H25F9N2O4/c1-4-23(36)22(20(38)40-3,12-14-8-17(25(30,31)32)11-18(9-14)26(33,34)35)13-15-10-16(24(27,28)29)6-7-19(15)37(23)21(39)41-5-2/h6-11H,4-5,12-13,36H2,1-3H3. The number of carbonyl (C=O) groups excluding carboxylic acids is 2. The molecule has 0 saturated carbocycles. The van der Waals surface area contributed by atoms with Crippen LogP contribution < -0.4 is 10.6 Å². The molecule has 1 aliphatic heterocycles. The maximum Gasteiger partial charge on any atom is 0.416 e. The number of nitrogens with two attached hydrogens (primary N) is 1. The summed E-state index contributed by atoms with van der Waals surface area (Å²) in [4.78, 5) is 27.4. The Labute approximate surface area is 228 Å². The number of carbonyl (C=O) groups is 2. The Hall–Kier alpha value is -3.49. The van der Waals surface area contributed by atoms with Gasteiger partial charge in [0.2, 0.25) is 0 Å². The van der Waals surface area contributed by atoms with Gasteiger partial charge in [-0.2, -0.15) is 39.5 Å². The molecule has 0 spiro atoms. The molecule has 0 aliphatic carbocycles. The van der Waals surface area contributed by atoms with Crippen molar-refractivity contribution in [3.05, 3.63) is 64.2 Å². The van der Waals surface area contributed by atoms with Crippen LogP contribution in [0.4, 0.5) is 50.0 Å². The number of benzene rings is 2. The molecule has 226 valence electrons. The molecule has 6 nitrogen and oxygen atoms in total. The minimum absolute atomic E-state index is 0.111. The number of hydrogen-bond acceptors (Lipinski definition) is 5. The summed E-state index contributed by atoms with van der Waals surface area (Å²) in [6.45, 7) is 2.56. The highest BCUT2D eigenvalue weighted by Crippen LogP contribution is 2.51. The number of ether oxygens (including phenoxy) is 2. The Balaban J connectivity index is 2.40. The largest absolute Gasteiger partial charge is 0.468 e. The van der Waals surface area contributed by atoms with E-state index in [1.807, 2.05) is 0 Å². The van der Waals surface area contributed by atoms with E-state index < -0.39 is 76.8 Å². The van der Waals surface area contributed by atoms with Crippen molar-refractivity contribution in [2.45, 2.75) is 57.3 Å². The van der Waals surface area contributed by atoms with Crippen molar-refractivity contribution in [3.8, 4) is 0 Å². The molecule has 0 aromatic heterocycles. The van der Waals surface area contributed by atoms with Gasteiger partial charge in [0.05, 0.1) is 36.1 Å². The SMILES string of the molecule is CCOC(=O)N1c2ccc(C(F)(F)F)cc2CC(Cc2cc(C(F)(F)F)cc(C(F)(F)F)c2)(C(=O)OC)C1(N)CC. The number of rotatable bonds is 5. The molecule has 2 N–H and O–H groups in total. The Morgan fingerprint density at radius 2 is 1.41 bits per heavy atom. The Morgan fingerprint density at radius 3 is 1.85 bits per heavy atom. The minimum atomic E-state index is -5.23. The van der Waals surface area contributed by atoms with Gasteiger partial charge in [0.1, 0.15) is 11.1 Å². The average Bonchev–Trinajstić information content (AvgIpc) is 2.86. The Kier molecular flexibility index (Phi) is 8.38. The molecule has 0 radical (unpaired) electrons. The number of nitrogens with zero attached hydrogens (tertiary/aromatic N) is 1. The van der Waals surface area contributed by atoms with Crippen molar-refractivity contribution >= 4 is 17.7 Å². The highest BCUT2D eigenvalue weighted by Gasteiger charge is 2.62. The van der Waals surface area contributed by atoms with Crippen LogP contribution in [0.5, 0.6) is 0 Å². The molecule has 2 atom stereocenters. The summed E-state index contributed by atoms with van der Waals surface area (Å²) < 4.78 is 132. The molecular formula is C26H25F9N2O4. The lowest BCUT2D eigenvalue weighted by atomic mass is 9.63. The zero-order valence-electron chi connectivity index (χ0n) is 21.9. The van der Waals surface area contributed by atoms with E-state index >= 15 is 0 Å². The fraction of sp³-hybridized carbons (Fsp3) is 0.462. The monoisotopic (exact) mass is 600 g/mol. The smallest absolute Gasteiger partial charge is 0.416 e. The topological polar surface area (TPSA) is 81.9 Å². The van der Waals surface area contributed by atoms with E-state index in [2.05, 4.69) is 0 Å². The van der Waals surface area contributed by atoms with Gasteiger partial charge in [-0.05, 0) is 73.7 Å². The first-order valence-electron chi connectivity index (χ1n) is 12.1. The molecule has 3 rings (SSSR count). The van der Waals surface area contributed by atoms with Gasteiger partial charge in [0, 0.05) is 0 Å². The van der Waals surface area contributed by atoms with Gasteiger partial charge in [-0.15, -0.1) is 0 Å². The van der Waals surface area contributed by atoms with Gasteiger partial charge in [-0.1, -0.05) is 6.92 Å². The van der Waals surface area contributed by atoms with Crippen molar-refractivity contribution in [1.29, 1.82) is 0 Å². The van der Waals surface area contributed by atoms with Crippen LogP contribution in [0.3, 0.4) is 0 Å². The fourth-order valence-electron chi connectivity index (χ4n) is 5.18. The molecule has 1 amide bonds. The summed E-state index contributed by atoms with van der Waals surface area (Å²) in [5, 5.41) is 0. The predicted octanol–water partition coefficient (Wildman–Crippen LogP) is 6.73. The van der Waals surface area contributed by atoms with Crippen molar-refractivity contribution in [3.63, 3.8) is 0 Å². The van der Waals surface area contributed by atoms with Gasteiger partial charge in [0.15, 0.2) is 0 Å². The lowest BCUT2D eigenvalue weighted by Crippen LogP contribution is -2.74. The summed E-state index contributed by atoms with van der Waals surface area (Å²) in [5.74, 6) is -1.27. The second-order valence-corrected chi connectivity index (χ2v) is 9.49. The number of esters is 1. The van der Waals surface area contributed by atoms with Crippen LogP contribution >= 0.6 is 0 Å². The number of halogens is 9. The van der Waals surface area contributed by atoms with E-state index in [4.69, 9.17) is 15.2 Å². The second kappa shape index (κ2) is 10.7. The molecule has 2 aromatic carbocycles. The quantitative estimate of drug-likeness (QED) is 0.304. The van der Waals surface area contributed by atoms with Crippen LogP contribution in [-0.2, 0) is 45.6 Å². The molecule has 41 heavy (non-hydrogen) atoms. The third kappa shape index (κ3) is 5.81. The molecule has 15 heteroatoms. The van der Waals surface area contributed by atoms with Crippen LogP contribution in [0.25, 0.3) is 0 Å². The Morgan fingerprint density at radius 1 is 0.878 bits per heavy atom. The van der Waals surface area contributed by atoms with Crippen LogP contribution in [0.15, 0.2) is 36.4 Å². The first-order valence-corrected chi connectivity index (χ1v) is 12.1. The van der Waals surface area contributed by atoms with Gasteiger partial charge in [0.25, 0.3) is 0 Å². The average molecular weight is 600 g/mol. The second-order valence-electron chi connectivity index (χ2n) is 9.49. The van der Waals surface area contributed by atoms with E-state index in [0.717, 1.165) is 13.2 Å². The molecule has 1 heterocycles. The zero-order chi connectivity index (χ0) is 31.2. The summed E-state index contributed by atoms with van der Waals surface area (Å²) in [6.07, 6.45) is -18.6. The molecule has 0 saturated heterocycles. The van der Waals surface area contributed by atoms with Crippen LogP contribution in [0, 0.1) is 5.41 Å². The third-order valence-electron chi connectivity index (χ3n) is 7.09. The van der Waals surface area contributed by atoms with Crippen molar-refractivity contribution in [2.75, 3.05) is 18.6 Å². The normalized spacial score (nSPS) is 21.3. The number of anilines is 1. The zero-order valence-corrected chi connectivity index (χ0v) is 21.9. The van der Waals surface area contributed by atoms with E-state index in [-0.39, 0.29) is 30.3 Å². The van der Waals surface area contributed by atoms with Crippen molar-refractivity contribution in [1.82, 2.24) is 0 Å². The first kappa shape index (κ1) is 32.0. The van der Waals surface area contributed by atoms with E-state index in [1.165, 1.54) is 13.8 Å². The summed E-state index contributed by atoms with van der Waals surface area (Å²) in [5.41, 5.74) is -3.60. The van der Waals surface area contributed by atoms with E-state index in [0.29, 0.717) is 29.2 Å². The molecular weight excluding hydrogens is 575 g/mol. The van der Waals surface area contributed by atoms with E-state index in [1.54, 1.807) is 0 Å². The molecule has 0 fully saturated rings. The maximum absolute atomic E-state index is 13.6. The van der Waals surface area contributed by atoms with E-state index in [9.17, 15) is 49.1 Å². The summed E-state index contributed by atoms with van der Waals surface area (Å²) >= 11 is 0. The molecule has 1 aliphatic rings. The molecule has 0 bridgehead atoms. The first-order chi connectivity index (χ1) is 18.7. The number of hydrogen-bond donors (Lipinski definition) is 1. The lowest BCUT2D eigenvalue weighted by Gasteiger charge is -2.55. The number of alkyl halides is 9. The number of methoxy groups -OCH3 is 1. The Bertz CT molecular complexity index is 1290. The van der Waals surface area contributed by atoms with Gasteiger partial charge >= 0.3 is 30.6 Å². The number of amides is 1. The maximum atomic E-state index is 13.6. The van der Waals surface area contributed by atoms with Crippen molar-refractivity contribution in [2.24, 2.45) is 11.1 Å². The predicted molar refractivity (Wildman–Crippen MR) is 126 cm³/mol. The lowest BCUT2D eigenvalue weighted by molar-refractivity contribution is -0.158. The molecule has 2 unspecified atom stereocenters. The third-order valence-corrected chi connectivity index (χ3v) is 7.09. The van der Waals surface area contributed by atoms with Crippen LogP contribution in [0.2, 0.25) is 0 Å². The molecule has 2 aromatic rings. The minimum Gasteiger partial charge on any atom is -0.468 e. The summed E-state index contributed by atoms with van der Waals surface area (Å²) in [6, 6.07) is 2.87. The summed E-state index contributed by atoms with van der Waals surface area (Å²) in [7, 11) is 0.865. The van der Waals surface area contributed by atoms with Crippen LogP contribution in [-0.4, -0.2) is 31.4 Å². The highest BCUT2D eigenvalue weighted by molar-refractivity contribution is 5.95. The highest BCUT2D eigenvalue weighted by atomic mass is 19.4. The van der Waals surface area contributed by atoms with Crippen molar-refractivity contribution < 1.29 is 58.6 Å². The number of fused-ring (bicyclic) bond motifs is 1. The fourth-order valence-corrected chi connectivity index (χ4v) is 5.18. The van der Waals surface area contributed by atoms with Gasteiger partial charge < -0.3 is 15.2 Å². The van der Waals surface area contributed by atoms with Crippen LogP contribution in [0.1, 0.15) is 48.1 Å². The van der Waals surface area contributed by atoms with Gasteiger partial charge in [-0.25, -0.2) is 4.79 Å².